The van der Waals surface area contributed by atoms with Gasteiger partial charge < -0.3 is 15.7 Å². The van der Waals surface area contributed by atoms with Crippen molar-refractivity contribution in [1.29, 1.82) is 0 Å². The smallest absolute Gasteiger partial charge is 0.327 e. The summed E-state index contributed by atoms with van der Waals surface area (Å²) in [6, 6.07) is -0.880. The van der Waals surface area contributed by atoms with E-state index in [0.29, 0.717) is 11.7 Å². The maximum atomic E-state index is 12.4. The van der Waals surface area contributed by atoms with Gasteiger partial charge in [-0.05, 0) is 24.7 Å². The molecular weight excluding hydrogens is 264 g/mol. The first-order valence-corrected chi connectivity index (χ1v) is 7.87. The maximum absolute atomic E-state index is 12.4. The number of nitrogens with zero attached hydrogens (tertiary/aromatic N) is 1. The van der Waals surface area contributed by atoms with Crippen LogP contribution in [0.5, 0.6) is 0 Å². The van der Waals surface area contributed by atoms with Crippen LogP contribution in [0.25, 0.3) is 0 Å². The molecule has 3 N–H and O–H groups in total. The number of hydrogen-bond acceptors (Lipinski definition) is 4. The molecule has 1 saturated carbocycles. The predicted octanol–water partition coefficient (Wildman–Crippen LogP) is 1.12. The van der Waals surface area contributed by atoms with E-state index in [4.69, 9.17) is 5.73 Å². The van der Waals surface area contributed by atoms with E-state index in [2.05, 4.69) is 0 Å². The fourth-order valence-electron chi connectivity index (χ4n) is 2.32. The molecule has 0 spiro atoms. The van der Waals surface area contributed by atoms with Crippen LogP contribution in [0.4, 0.5) is 0 Å². The van der Waals surface area contributed by atoms with Gasteiger partial charge in [0.25, 0.3) is 0 Å². The average molecular weight is 286 g/mol. The molecule has 2 rings (SSSR count). The minimum atomic E-state index is -0.901. The number of aliphatic carboxylic acids is 1. The Hall–Kier alpha value is -0.750. The Morgan fingerprint density at radius 2 is 2.05 bits per heavy atom. The Labute approximate surface area is 117 Å². The summed E-state index contributed by atoms with van der Waals surface area (Å²) in [5.41, 5.74) is 5.94. The Morgan fingerprint density at radius 3 is 2.53 bits per heavy atom. The van der Waals surface area contributed by atoms with E-state index < -0.39 is 12.0 Å². The number of rotatable bonds is 5. The van der Waals surface area contributed by atoms with Gasteiger partial charge in [0.15, 0.2) is 0 Å². The van der Waals surface area contributed by atoms with Gasteiger partial charge in [-0.25, -0.2) is 4.79 Å². The number of thioether (sulfide) groups is 1. The molecule has 108 valence electrons. The van der Waals surface area contributed by atoms with E-state index in [1.165, 1.54) is 0 Å². The van der Waals surface area contributed by atoms with E-state index in [1.807, 2.05) is 13.8 Å². The Bertz CT molecular complexity index is 371. The van der Waals surface area contributed by atoms with Gasteiger partial charge in [0, 0.05) is 18.2 Å². The van der Waals surface area contributed by atoms with Gasteiger partial charge in [0.1, 0.15) is 6.04 Å². The lowest BCUT2D eigenvalue weighted by Crippen LogP contribution is -2.48. The summed E-state index contributed by atoms with van der Waals surface area (Å²) in [6.45, 7) is 3.95. The predicted molar refractivity (Wildman–Crippen MR) is 74.7 cm³/mol. The fraction of sp³-hybridized carbons (Fsp3) is 0.846. The normalized spacial score (nSPS) is 28.7. The molecule has 0 bridgehead atoms. The van der Waals surface area contributed by atoms with Crippen LogP contribution in [0.15, 0.2) is 0 Å². The second-order valence-corrected chi connectivity index (χ2v) is 6.98. The molecule has 0 radical (unpaired) electrons. The highest BCUT2D eigenvalue weighted by Crippen LogP contribution is 2.45. The molecule has 1 aliphatic carbocycles. The van der Waals surface area contributed by atoms with E-state index in [9.17, 15) is 14.7 Å². The highest BCUT2D eigenvalue weighted by atomic mass is 32.2. The molecule has 0 aromatic carbocycles. The molecule has 3 unspecified atom stereocenters. The lowest BCUT2D eigenvalue weighted by atomic mass is 10.0. The van der Waals surface area contributed by atoms with Crippen LogP contribution in [-0.2, 0) is 9.59 Å². The summed E-state index contributed by atoms with van der Waals surface area (Å²) >= 11 is 1.60. The van der Waals surface area contributed by atoms with Crippen molar-refractivity contribution in [3.05, 3.63) is 0 Å². The number of nitrogens with two attached hydrogens (primary N) is 1. The second kappa shape index (κ2) is 5.71. The molecule has 6 heteroatoms. The second-order valence-electron chi connectivity index (χ2n) is 5.83. The molecule has 2 fully saturated rings. The Morgan fingerprint density at radius 1 is 1.42 bits per heavy atom. The lowest BCUT2D eigenvalue weighted by Gasteiger charge is -2.29. The van der Waals surface area contributed by atoms with Gasteiger partial charge in [-0.15, -0.1) is 11.8 Å². The zero-order valence-electron chi connectivity index (χ0n) is 11.4. The molecule has 1 amide bonds. The number of hydrogen-bond donors (Lipinski definition) is 2. The first kappa shape index (κ1) is 14.7. The van der Waals surface area contributed by atoms with Gasteiger partial charge in [0.05, 0.1) is 5.37 Å². The van der Waals surface area contributed by atoms with Gasteiger partial charge in [-0.3, -0.25) is 4.79 Å². The Kier molecular flexibility index (Phi) is 4.40. The Balaban J connectivity index is 2.07. The SMILES string of the molecule is CC(C)C(N)CC(=O)N1C(C(=O)O)CSC1C1CC1. The van der Waals surface area contributed by atoms with E-state index in [0.717, 1.165) is 12.8 Å². The maximum Gasteiger partial charge on any atom is 0.327 e. The minimum Gasteiger partial charge on any atom is -0.480 e. The minimum absolute atomic E-state index is 0.0490. The third-order valence-electron chi connectivity index (χ3n) is 3.90. The molecular formula is C13H22N2O3S. The summed E-state index contributed by atoms with van der Waals surface area (Å²) in [5.74, 6) is 0.201. The highest BCUT2D eigenvalue weighted by Gasteiger charge is 2.47. The van der Waals surface area contributed by atoms with Crippen LogP contribution in [-0.4, -0.2) is 45.1 Å². The van der Waals surface area contributed by atoms with Gasteiger partial charge in [-0.2, -0.15) is 0 Å². The van der Waals surface area contributed by atoms with Crippen molar-refractivity contribution < 1.29 is 14.7 Å². The van der Waals surface area contributed by atoms with Crippen molar-refractivity contribution in [3.63, 3.8) is 0 Å². The summed E-state index contributed by atoms with van der Waals surface area (Å²) in [4.78, 5) is 25.3. The van der Waals surface area contributed by atoms with Crippen molar-refractivity contribution >= 4 is 23.6 Å². The van der Waals surface area contributed by atoms with Crippen molar-refractivity contribution in [3.8, 4) is 0 Å². The number of carbonyl (C=O) groups is 2. The van der Waals surface area contributed by atoms with E-state index in [1.54, 1.807) is 16.7 Å². The van der Waals surface area contributed by atoms with Gasteiger partial charge in [0.2, 0.25) is 5.91 Å². The molecule has 19 heavy (non-hydrogen) atoms. The third kappa shape index (κ3) is 3.23. The van der Waals surface area contributed by atoms with Crippen molar-refractivity contribution in [2.75, 3.05) is 5.75 Å². The van der Waals surface area contributed by atoms with Crippen LogP contribution < -0.4 is 5.73 Å². The number of carboxylic acids is 1. The molecule has 1 saturated heterocycles. The van der Waals surface area contributed by atoms with Gasteiger partial charge in [-0.1, -0.05) is 13.8 Å². The lowest BCUT2D eigenvalue weighted by molar-refractivity contribution is -0.149. The molecule has 5 nitrogen and oxygen atoms in total. The summed E-state index contributed by atoms with van der Waals surface area (Å²) in [5, 5.41) is 9.31. The van der Waals surface area contributed by atoms with Crippen LogP contribution >= 0.6 is 11.8 Å². The molecule has 2 aliphatic rings. The topological polar surface area (TPSA) is 83.6 Å². The largest absolute Gasteiger partial charge is 0.480 e. The van der Waals surface area contributed by atoms with Gasteiger partial charge >= 0.3 is 5.97 Å². The van der Waals surface area contributed by atoms with Crippen LogP contribution in [0.1, 0.15) is 33.1 Å². The van der Waals surface area contributed by atoms with Crippen LogP contribution in [0, 0.1) is 11.8 Å². The van der Waals surface area contributed by atoms with Crippen LogP contribution in [0.2, 0.25) is 0 Å². The molecule has 0 aromatic heterocycles. The zero-order chi connectivity index (χ0) is 14.2. The summed E-state index contributed by atoms with van der Waals surface area (Å²) in [6.07, 6.45) is 2.44. The average Bonchev–Trinajstić information content (AvgIpc) is 3.06. The zero-order valence-corrected chi connectivity index (χ0v) is 12.2. The third-order valence-corrected chi connectivity index (χ3v) is 5.36. The molecule has 3 atom stereocenters. The molecule has 0 aromatic rings. The number of carbonyl (C=O) groups excluding carboxylic acids is 1. The summed E-state index contributed by atoms with van der Waals surface area (Å²) in [7, 11) is 0. The van der Waals surface area contributed by atoms with Crippen molar-refractivity contribution in [2.24, 2.45) is 17.6 Å². The summed E-state index contributed by atoms with van der Waals surface area (Å²) < 4.78 is 0. The number of carboxylic acid groups (broad SMARTS) is 1. The molecule has 1 heterocycles. The highest BCUT2D eigenvalue weighted by molar-refractivity contribution is 8.00. The first-order valence-electron chi connectivity index (χ1n) is 6.83. The quantitative estimate of drug-likeness (QED) is 0.791. The van der Waals surface area contributed by atoms with Crippen molar-refractivity contribution in [2.45, 2.75) is 50.6 Å². The van der Waals surface area contributed by atoms with E-state index in [-0.39, 0.29) is 29.7 Å². The van der Waals surface area contributed by atoms with E-state index >= 15 is 0 Å². The number of amides is 1. The fourth-order valence-corrected chi connectivity index (χ4v) is 3.97. The first-order chi connectivity index (χ1) is 8.91. The van der Waals surface area contributed by atoms with Crippen molar-refractivity contribution in [1.82, 2.24) is 4.90 Å². The standard InChI is InChI=1S/C13H22N2O3S/c1-7(2)9(14)5-11(16)15-10(13(17)18)6-19-12(15)8-3-4-8/h7-10,12H,3-6,14H2,1-2H3,(H,17,18). The van der Waals surface area contributed by atoms with Crippen LogP contribution in [0.3, 0.4) is 0 Å². The monoisotopic (exact) mass is 286 g/mol. The molecule has 1 aliphatic heterocycles.